The van der Waals surface area contributed by atoms with Crippen LogP contribution in [0.5, 0.6) is 5.75 Å². The molecule has 0 amide bonds. The quantitative estimate of drug-likeness (QED) is 0.423. The van der Waals surface area contributed by atoms with Crippen molar-refractivity contribution in [1.82, 2.24) is 24.8 Å². The van der Waals surface area contributed by atoms with Crippen LogP contribution in [0, 0.1) is 6.92 Å². The van der Waals surface area contributed by atoms with Crippen LogP contribution >= 0.6 is 0 Å². The predicted octanol–water partition coefficient (Wildman–Crippen LogP) is 5.08. The summed E-state index contributed by atoms with van der Waals surface area (Å²) in [4.78, 5) is 13.9. The molecule has 0 saturated carbocycles. The lowest BCUT2D eigenvalue weighted by molar-refractivity contribution is 0.413. The van der Waals surface area contributed by atoms with E-state index in [0.717, 1.165) is 47.2 Å². The van der Waals surface area contributed by atoms with Crippen molar-refractivity contribution in [2.45, 2.75) is 39.2 Å². The highest BCUT2D eigenvalue weighted by Gasteiger charge is 2.26. The number of benzene rings is 2. The zero-order valence-electron chi connectivity index (χ0n) is 20.0. The maximum Gasteiger partial charge on any atom is 0.227 e. The Morgan fingerprint density at radius 2 is 2.00 bits per heavy atom. The van der Waals surface area contributed by atoms with Crippen molar-refractivity contribution in [1.29, 1.82) is 0 Å². The minimum absolute atomic E-state index is 0.187. The molecule has 0 fully saturated rings. The maximum absolute atomic E-state index is 5.65. The second-order valence-electron chi connectivity index (χ2n) is 9.01. The van der Waals surface area contributed by atoms with Crippen molar-refractivity contribution in [3.8, 4) is 11.4 Å². The molecular weight excluding hydrogens is 424 g/mol. The Morgan fingerprint density at radius 3 is 2.76 bits per heavy atom. The van der Waals surface area contributed by atoms with Crippen LogP contribution in [0.3, 0.4) is 0 Å². The smallest absolute Gasteiger partial charge is 0.227 e. The Morgan fingerprint density at radius 1 is 1.15 bits per heavy atom. The number of ether oxygens (including phenoxy) is 1. The summed E-state index contributed by atoms with van der Waals surface area (Å²) in [6.45, 7) is 8.09. The number of imidazole rings is 1. The second-order valence-corrected chi connectivity index (χ2v) is 9.01. The predicted molar refractivity (Wildman–Crippen MR) is 134 cm³/mol. The van der Waals surface area contributed by atoms with Gasteiger partial charge in [0.1, 0.15) is 5.75 Å². The van der Waals surface area contributed by atoms with Gasteiger partial charge in [0.2, 0.25) is 5.95 Å². The number of hydrogen-bond acceptors (Lipinski definition) is 6. The molecule has 34 heavy (non-hydrogen) atoms. The first-order chi connectivity index (χ1) is 16.5. The van der Waals surface area contributed by atoms with E-state index in [1.807, 2.05) is 42.1 Å². The van der Waals surface area contributed by atoms with E-state index in [0.29, 0.717) is 11.9 Å². The number of anilines is 2. The monoisotopic (exact) mass is 454 g/mol. The molecule has 4 aromatic rings. The van der Waals surface area contributed by atoms with Crippen LogP contribution in [0.15, 0.2) is 61.2 Å². The number of nitrogens with zero attached hydrogens (tertiary/aromatic N) is 4. The number of hydrogen-bond donors (Lipinski definition) is 2. The summed E-state index contributed by atoms with van der Waals surface area (Å²) in [6, 6.07) is 14.7. The zero-order chi connectivity index (χ0) is 23.7. The minimum atomic E-state index is 0.187. The largest absolute Gasteiger partial charge is 0.494 e. The topological polar surface area (TPSA) is 76.9 Å². The summed E-state index contributed by atoms with van der Waals surface area (Å²) in [5.41, 5.74) is 7.67. The Balaban J connectivity index is 1.46. The third kappa shape index (κ3) is 4.26. The van der Waals surface area contributed by atoms with Crippen molar-refractivity contribution in [2.75, 3.05) is 19.0 Å². The molecule has 1 atom stereocenters. The molecule has 7 nitrogen and oxygen atoms in total. The van der Waals surface area contributed by atoms with E-state index in [1.165, 1.54) is 11.1 Å². The van der Waals surface area contributed by atoms with Crippen LogP contribution in [0.1, 0.15) is 53.8 Å². The highest BCUT2D eigenvalue weighted by atomic mass is 16.5. The van der Waals surface area contributed by atoms with E-state index in [9.17, 15) is 0 Å². The summed E-state index contributed by atoms with van der Waals surface area (Å²) < 4.78 is 7.61. The van der Waals surface area contributed by atoms with Gasteiger partial charge in [-0.05, 0) is 36.1 Å². The molecule has 1 aliphatic rings. The Labute approximate surface area is 200 Å². The number of methoxy groups -OCH3 is 1. The Bertz CT molecular complexity index is 1310. The zero-order valence-corrected chi connectivity index (χ0v) is 20.0. The van der Waals surface area contributed by atoms with Crippen LogP contribution in [0.2, 0.25) is 0 Å². The molecule has 174 valence electrons. The number of aryl methyl sites for hydroxylation is 1. The van der Waals surface area contributed by atoms with Crippen LogP contribution in [0.4, 0.5) is 11.6 Å². The average Bonchev–Trinajstić information content (AvgIpc) is 3.29. The molecule has 2 aromatic carbocycles. The molecule has 3 heterocycles. The molecule has 0 radical (unpaired) electrons. The van der Waals surface area contributed by atoms with Gasteiger partial charge in [0.25, 0.3) is 0 Å². The van der Waals surface area contributed by atoms with Gasteiger partial charge in [-0.3, -0.25) is 0 Å². The van der Waals surface area contributed by atoms with Crippen molar-refractivity contribution >= 4 is 11.6 Å². The van der Waals surface area contributed by atoms with E-state index in [1.54, 1.807) is 13.4 Å². The Hall–Kier alpha value is -3.71. The molecule has 0 bridgehead atoms. The van der Waals surface area contributed by atoms with Crippen LogP contribution in [0.25, 0.3) is 5.69 Å². The highest BCUT2D eigenvalue weighted by molar-refractivity contribution is 5.62. The lowest BCUT2D eigenvalue weighted by Gasteiger charge is -2.28. The van der Waals surface area contributed by atoms with E-state index >= 15 is 0 Å². The van der Waals surface area contributed by atoms with Crippen molar-refractivity contribution in [2.24, 2.45) is 0 Å². The van der Waals surface area contributed by atoms with Gasteiger partial charge in [0.05, 0.1) is 30.5 Å². The summed E-state index contributed by atoms with van der Waals surface area (Å²) in [7, 11) is 1.67. The fourth-order valence-corrected chi connectivity index (χ4v) is 4.63. The molecule has 0 spiro atoms. The lowest BCUT2D eigenvalue weighted by Crippen LogP contribution is -2.31. The average molecular weight is 455 g/mol. The first kappa shape index (κ1) is 22.1. The van der Waals surface area contributed by atoms with Crippen LogP contribution in [-0.4, -0.2) is 33.2 Å². The number of fused-ring (bicyclic) bond motifs is 1. The molecule has 0 saturated heterocycles. The van der Waals surface area contributed by atoms with Gasteiger partial charge in [0, 0.05) is 48.7 Å². The highest BCUT2D eigenvalue weighted by Crippen LogP contribution is 2.34. The van der Waals surface area contributed by atoms with Crippen molar-refractivity contribution < 1.29 is 4.74 Å². The van der Waals surface area contributed by atoms with Gasteiger partial charge in [-0.15, -0.1) is 0 Å². The molecule has 0 aliphatic carbocycles. The van der Waals surface area contributed by atoms with Gasteiger partial charge >= 0.3 is 0 Å². The fraction of sp³-hybridized carbons (Fsp3) is 0.296. The molecule has 2 N–H and O–H groups in total. The second kappa shape index (κ2) is 9.27. The van der Waals surface area contributed by atoms with Crippen LogP contribution in [-0.2, 0) is 6.54 Å². The standard InChI is InChI=1S/C27H30N6O/c1-17(2)21-7-5-6-8-22(21)23-14-28-12-19-13-29-27(32-26(19)23)31-20-9-10-24(25(11-20)34-4)33-15-18(3)30-16-33/h5-11,13,15-17,23,28H,12,14H2,1-4H3,(H,29,31,32). The summed E-state index contributed by atoms with van der Waals surface area (Å²) in [5, 5.41) is 6.91. The maximum atomic E-state index is 5.65. The van der Waals surface area contributed by atoms with E-state index in [-0.39, 0.29) is 5.92 Å². The third-order valence-electron chi connectivity index (χ3n) is 6.31. The number of rotatable bonds is 6. The van der Waals surface area contributed by atoms with Gasteiger partial charge in [-0.1, -0.05) is 38.1 Å². The molecule has 1 unspecified atom stereocenters. The first-order valence-electron chi connectivity index (χ1n) is 11.6. The summed E-state index contributed by atoms with van der Waals surface area (Å²) in [5.74, 6) is 1.97. The van der Waals surface area contributed by atoms with Gasteiger partial charge in [0.15, 0.2) is 0 Å². The van der Waals surface area contributed by atoms with Gasteiger partial charge < -0.3 is 19.9 Å². The Kier molecular flexibility index (Phi) is 6.02. The molecular formula is C27H30N6O. The molecule has 1 aliphatic heterocycles. The van der Waals surface area contributed by atoms with Crippen LogP contribution < -0.4 is 15.4 Å². The normalized spacial score (nSPS) is 15.3. The molecule has 7 heteroatoms. The minimum Gasteiger partial charge on any atom is -0.494 e. The van der Waals surface area contributed by atoms with E-state index in [4.69, 9.17) is 9.72 Å². The van der Waals surface area contributed by atoms with Gasteiger partial charge in [-0.25, -0.2) is 15.0 Å². The fourth-order valence-electron chi connectivity index (χ4n) is 4.63. The summed E-state index contributed by atoms with van der Waals surface area (Å²) in [6.07, 6.45) is 5.69. The number of nitrogens with one attached hydrogen (secondary N) is 2. The third-order valence-corrected chi connectivity index (χ3v) is 6.31. The van der Waals surface area contributed by atoms with E-state index in [2.05, 4.69) is 58.7 Å². The molecule has 2 aromatic heterocycles. The van der Waals surface area contributed by atoms with Crippen molar-refractivity contribution in [3.63, 3.8) is 0 Å². The van der Waals surface area contributed by atoms with Gasteiger partial charge in [-0.2, -0.15) is 0 Å². The number of aromatic nitrogens is 4. The molecule has 5 rings (SSSR count). The lowest BCUT2D eigenvalue weighted by atomic mass is 9.84. The summed E-state index contributed by atoms with van der Waals surface area (Å²) >= 11 is 0. The first-order valence-corrected chi connectivity index (χ1v) is 11.6. The SMILES string of the molecule is COc1cc(Nc2ncc3c(n2)C(c2ccccc2C(C)C)CNC3)ccc1-n1cnc(C)c1. The van der Waals surface area contributed by atoms with Crippen molar-refractivity contribution in [3.05, 3.63) is 89.3 Å². The van der Waals surface area contributed by atoms with E-state index < -0.39 is 0 Å².